The maximum atomic E-state index is 10.4. The number of fused-ring (bicyclic) bond motifs is 1. The van der Waals surface area contributed by atoms with E-state index in [1.54, 1.807) is 0 Å². The van der Waals surface area contributed by atoms with Crippen molar-refractivity contribution in [3.8, 4) is 5.75 Å². The third kappa shape index (κ3) is 3.97. The molecule has 0 aliphatic rings. The first-order valence-electron chi connectivity index (χ1n) is 8.62. The van der Waals surface area contributed by atoms with Crippen LogP contribution in [0.5, 0.6) is 5.75 Å². The summed E-state index contributed by atoms with van der Waals surface area (Å²) in [6, 6.07) is 13.6. The molecule has 0 fully saturated rings. The van der Waals surface area contributed by atoms with Gasteiger partial charge in [0.05, 0.1) is 17.6 Å². The van der Waals surface area contributed by atoms with E-state index in [2.05, 4.69) is 16.5 Å². The van der Waals surface area contributed by atoms with Crippen molar-refractivity contribution in [1.29, 1.82) is 0 Å². The lowest BCUT2D eigenvalue weighted by atomic mass is 10.2. The second-order valence-electron chi connectivity index (χ2n) is 6.17. The number of aliphatic hydroxyl groups excluding tert-OH is 1. The Morgan fingerprint density at radius 2 is 2.04 bits per heavy atom. The SMILES string of the molecule is CCCC(O)c1nc2ccccc2n1CCOc1ccc(Cl)c(C)c1. The highest BCUT2D eigenvalue weighted by Crippen LogP contribution is 2.24. The second-order valence-corrected chi connectivity index (χ2v) is 6.58. The number of hydrogen-bond acceptors (Lipinski definition) is 3. The summed E-state index contributed by atoms with van der Waals surface area (Å²) in [7, 11) is 0. The lowest BCUT2D eigenvalue weighted by molar-refractivity contribution is 0.151. The average molecular weight is 359 g/mol. The van der Waals surface area contributed by atoms with Gasteiger partial charge in [0.25, 0.3) is 0 Å². The number of rotatable bonds is 7. The Balaban J connectivity index is 1.79. The molecule has 1 atom stereocenters. The van der Waals surface area contributed by atoms with Crippen molar-refractivity contribution in [2.24, 2.45) is 0 Å². The summed E-state index contributed by atoms with van der Waals surface area (Å²) in [5, 5.41) is 11.2. The highest BCUT2D eigenvalue weighted by atomic mass is 35.5. The molecule has 3 aromatic rings. The zero-order valence-corrected chi connectivity index (χ0v) is 15.3. The first kappa shape index (κ1) is 17.8. The lowest BCUT2D eigenvalue weighted by Crippen LogP contribution is -2.14. The number of aliphatic hydroxyl groups is 1. The molecule has 5 heteroatoms. The fourth-order valence-corrected chi connectivity index (χ4v) is 3.07. The van der Waals surface area contributed by atoms with Crippen LogP contribution < -0.4 is 4.74 Å². The Kier molecular flexibility index (Phi) is 5.61. The molecule has 1 unspecified atom stereocenters. The van der Waals surface area contributed by atoms with E-state index in [0.29, 0.717) is 25.4 Å². The van der Waals surface area contributed by atoms with Gasteiger partial charge in [-0.1, -0.05) is 37.1 Å². The number of halogens is 1. The normalized spacial score (nSPS) is 12.5. The van der Waals surface area contributed by atoms with Crippen molar-refractivity contribution in [3.63, 3.8) is 0 Å². The number of imidazole rings is 1. The fourth-order valence-electron chi connectivity index (χ4n) is 2.95. The zero-order valence-electron chi connectivity index (χ0n) is 14.6. The van der Waals surface area contributed by atoms with Crippen molar-refractivity contribution in [3.05, 3.63) is 58.9 Å². The van der Waals surface area contributed by atoms with E-state index in [1.165, 1.54) is 0 Å². The number of ether oxygens (including phenoxy) is 1. The summed E-state index contributed by atoms with van der Waals surface area (Å²) >= 11 is 6.05. The summed E-state index contributed by atoms with van der Waals surface area (Å²) in [4.78, 5) is 4.62. The largest absolute Gasteiger partial charge is 0.492 e. The van der Waals surface area contributed by atoms with Crippen molar-refractivity contribution in [1.82, 2.24) is 9.55 Å². The van der Waals surface area contributed by atoms with Gasteiger partial charge in [0.15, 0.2) is 0 Å². The molecule has 0 spiro atoms. The van der Waals surface area contributed by atoms with Crippen molar-refractivity contribution < 1.29 is 9.84 Å². The average Bonchev–Trinajstić information content (AvgIpc) is 2.97. The van der Waals surface area contributed by atoms with Crippen molar-refractivity contribution in [2.45, 2.75) is 39.3 Å². The molecular weight excluding hydrogens is 336 g/mol. The molecule has 2 aromatic carbocycles. The minimum Gasteiger partial charge on any atom is -0.492 e. The highest BCUT2D eigenvalue weighted by Gasteiger charge is 2.17. The Morgan fingerprint density at radius 1 is 1.24 bits per heavy atom. The van der Waals surface area contributed by atoms with Crippen LogP contribution in [0.3, 0.4) is 0 Å². The van der Waals surface area contributed by atoms with Crippen molar-refractivity contribution >= 4 is 22.6 Å². The van der Waals surface area contributed by atoms with Gasteiger partial charge in [-0.3, -0.25) is 0 Å². The summed E-state index contributed by atoms with van der Waals surface area (Å²) in [6.07, 6.45) is 1.04. The summed E-state index contributed by atoms with van der Waals surface area (Å²) in [5.74, 6) is 1.50. The fraction of sp³-hybridized carbons (Fsp3) is 0.350. The van der Waals surface area contributed by atoms with E-state index in [4.69, 9.17) is 16.3 Å². The van der Waals surface area contributed by atoms with Gasteiger partial charge in [0, 0.05) is 5.02 Å². The van der Waals surface area contributed by atoms with Gasteiger partial charge in [-0.2, -0.15) is 0 Å². The van der Waals surface area contributed by atoms with Crippen LogP contribution in [-0.2, 0) is 6.54 Å². The van der Waals surface area contributed by atoms with Crippen LogP contribution in [0.2, 0.25) is 5.02 Å². The minimum absolute atomic E-state index is 0.493. The van der Waals surface area contributed by atoms with E-state index in [0.717, 1.165) is 33.8 Å². The minimum atomic E-state index is -0.560. The molecule has 0 amide bonds. The molecule has 1 aromatic heterocycles. The molecule has 0 saturated carbocycles. The number of para-hydroxylation sites is 2. The summed E-state index contributed by atoms with van der Waals surface area (Å²) in [6.45, 7) is 5.13. The molecule has 25 heavy (non-hydrogen) atoms. The molecule has 0 radical (unpaired) electrons. The van der Waals surface area contributed by atoms with E-state index >= 15 is 0 Å². The van der Waals surface area contributed by atoms with E-state index in [9.17, 15) is 5.11 Å². The van der Waals surface area contributed by atoms with Gasteiger partial charge in [-0.25, -0.2) is 4.98 Å². The number of benzene rings is 2. The van der Waals surface area contributed by atoms with Gasteiger partial charge in [0.1, 0.15) is 24.3 Å². The quantitative estimate of drug-likeness (QED) is 0.652. The maximum Gasteiger partial charge on any atom is 0.138 e. The molecule has 0 saturated heterocycles. The third-order valence-corrected chi connectivity index (χ3v) is 4.68. The molecule has 0 bridgehead atoms. The first-order chi connectivity index (χ1) is 12.1. The first-order valence-corrected chi connectivity index (χ1v) is 9.00. The van der Waals surface area contributed by atoms with E-state index in [-0.39, 0.29) is 0 Å². The van der Waals surface area contributed by atoms with E-state index < -0.39 is 6.10 Å². The van der Waals surface area contributed by atoms with Gasteiger partial charge in [-0.05, 0) is 49.2 Å². The van der Waals surface area contributed by atoms with E-state index in [1.807, 2.05) is 49.4 Å². The molecule has 132 valence electrons. The predicted molar refractivity (Wildman–Crippen MR) is 101 cm³/mol. The highest BCUT2D eigenvalue weighted by molar-refractivity contribution is 6.31. The van der Waals surface area contributed by atoms with Crippen LogP contribution in [0.15, 0.2) is 42.5 Å². The van der Waals surface area contributed by atoms with Gasteiger partial charge >= 0.3 is 0 Å². The van der Waals surface area contributed by atoms with Crippen LogP contribution >= 0.6 is 11.6 Å². The number of aryl methyl sites for hydroxylation is 1. The molecule has 3 rings (SSSR count). The molecular formula is C20H23ClN2O2. The zero-order chi connectivity index (χ0) is 17.8. The topological polar surface area (TPSA) is 47.3 Å². The van der Waals surface area contributed by atoms with Crippen LogP contribution in [0.25, 0.3) is 11.0 Å². The van der Waals surface area contributed by atoms with Gasteiger partial charge in [-0.15, -0.1) is 0 Å². The van der Waals surface area contributed by atoms with Crippen LogP contribution in [-0.4, -0.2) is 21.3 Å². The summed E-state index contributed by atoms with van der Waals surface area (Å²) < 4.78 is 7.92. The monoisotopic (exact) mass is 358 g/mol. The van der Waals surface area contributed by atoms with Gasteiger partial charge in [0.2, 0.25) is 0 Å². The Morgan fingerprint density at radius 3 is 2.80 bits per heavy atom. The van der Waals surface area contributed by atoms with Crippen LogP contribution in [0.1, 0.15) is 37.3 Å². The van der Waals surface area contributed by atoms with Crippen molar-refractivity contribution in [2.75, 3.05) is 6.61 Å². The van der Waals surface area contributed by atoms with Crippen LogP contribution in [0, 0.1) is 6.92 Å². The number of aromatic nitrogens is 2. The lowest BCUT2D eigenvalue weighted by Gasteiger charge is -2.14. The Labute approximate surface area is 153 Å². The van der Waals surface area contributed by atoms with Gasteiger partial charge < -0.3 is 14.4 Å². The number of hydrogen-bond donors (Lipinski definition) is 1. The summed E-state index contributed by atoms with van der Waals surface area (Å²) in [5.41, 5.74) is 2.91. The number of nitrogens with zero attached hydrogens (tertiary/aromatic N) is 2. The Bertz CT molecular complexity index is 860. The third-order valence-electron chi connectivity index (χ3n) is 4.26. The molecule has 0 aliphatic carbocycles. The molecule has 0 aliphatic heterocycles. The molecule has 1 heterocycles. The molecule has 1 N–H and O–H groups in total. The molecule has 4 nitrogen and oxygen atoms in total. The predicted octanol–water partition coefficient (Wildman–Crippen LogP) is 4.91. The van der Waals surface area contributed by atoms with Crippen LogP contribution in [0.4, 0.5) is 0 Å². The Hall–Kier alpha value is -2.04. The standard InChI is InChI=1S/C20H23ClN2O2/c1-3-6-19(24)20-22-17-7-4-5-8-18(17)23(20)11-12-25-15-9-10-16(21)14(2)13-15/h4-5,7-10,13,19,24H,3,6,11-12H2,1-2H3. The maximum absolute atomic E-state index is 10.4. The smallest absolute Gasteiger partial charge is 0.138 e. The second kappa shape index (κ2) is 7.89.